The second-order valence-electron chi connectivity index (χ2n) is 6.07. The van der Waals surface area contributed by atoms with Gasteiger partial charge >= 0.3 is 0 Å². The average molecular weight is 292 g/mol. The number of hydrogen-bond acceptors (Lipinski definition) is 4. The van der Waals surface area contributed by atoms with Crippen LogP contribution in [0.5, 0.6) is 5.75 Å². The van der Waals surface area contributed by atoms with E-state index in [2.05, 4.69) is 31.7 Å². The van der Waals surface area contributed by atoms with Crippen LogP contribution in [-0.4, -0.2) is 30.3 Å². The number of anilines is 1. The molecule has 0 bridgehead atoms. The highest BCUT2D eigenvalue weighted by Gasteiger charge is 2.27. The number of nitrogens with zero attached hydrogens (tertiary/aromatic N) is 1. The van der Waals surface area contributed by atoms with Crippen LogP contribution in [0.2, 0.25) is 0 Å². The highest BCUT2D eigenvalue weighted by Crippen LogP contribution is 2.37. The van der Waals surface area contributed by atoms with Crippen LogP contribution in [-0.2, 0) is 0 Å². The van der Waals surface area contributed by atoms with Gasteiger partial charge in [-0.25, -0.2) is 0 Å². The molecule has 3 N–H and O–H groups in total. The predicted octanol–water partition coefficient (Wildman–Crippen LogP) is 2.84. The Kier molecular flexibility index (Phi) is 5.48. The zero-order chi connectivity index (χ0) is 15.4. The molecule has 1 aromatic carbocycles. The Morgan fingerprint density at radius 3 is 2.81 bits per heavy atom. The molecule has 2 rings (SSSR count). The summed E-state index contributed by atoms with van der Waals surface area (Å²) in [6.45, 7) is 8.06. The summed E-state index contributed by atoms with van der Waals surface area (Å²) < 4.78 is 6.03. The van der Waals surface area contributed by atoms with Crippen LogP contribution in [0.1, 0.15) is 51.7 Å². The standard InChI is InChI=1S/C17H28N2O2/c1-4-14-11-19(12(2)3)15-10-13(7-8-17(15)21-14)16(20)6-5-9-18/h7-8,10,12,14,16,20H,4-6,9,11,18H2,1-3H3. The Bertz CT molecular complexity index is 462. The molecule has 0 aliphatic carbocycles. The van der Waals surface area contributed by atoms with Gasteiger partial charge in [-0.05, 0) is 57.4 Å². The molecule has 0 saturated carbocycles. The third-order valence-electron chi connectivity index (χ3n) is 4.13. The molecule has 0 fully saturated rings. The fourth-order valence-corrected chi connectivity index (χ4v) is 2.78. The fourth-order valence-electron chi connectivity index (χ4n) is 2.78. The number of aliphatic hydroxyl groups is 1. The highest BCUT2D eigenvalue weighted by atomic mass is 16.5. The Hall–Kier alpha value is -1.26. The quantitative estimate of drug-likeness (QED) is 0.846. The summed E-state index contributed by atoms with van der Waals surface area (Å²) in [5.74, 6) is 0.927. The smallest absolute Gasteiger partial charge is 0.143 e. The topological polar surface area (TPSA) is 58.7 Å². The molecule has 2 atom stereocenters. The molecular weight excluding hydrogens is 264 g/mol. The van der Waals surface area contributed by atoms with Gasteiger partial charge in [0.15, 0.2) is 0 Å². The van der Waals surface area contributed by atoms with Gasteiger partial charge in [-0.3, -0.25) is 0 Å². The van der Waals surface area contributed by atoms with Crippen LogP contribution < -0.4 is 15.4 Å². The van der Waals surface area contributed by atoms with Crippen LogP contribution in [0.25, 0.3) is 0 Å². The molecule has 4 nitrogen and oxygen atoms in total. The lowest BCUT2D eigenvalue weighted by atomic mass is 10.0. The Morgan fingerprint density at radius 2 is 2.19 bits per heavy atom. The molecule has 1 aromatic rings. The van der Waals surface area contributed by atoms with E-state index in [4.69, 9.17) is 10.5 Å². The van der Waals surface area contributed by atoms with Crippen molar-refractivity contribution < 1.29 is 9.84 Å². The van der Waals surface area contributed by atoms with Crippen LogP contribution in [0.3, 0.4) is 0 Å². The summed E-state index contributed by atoms with van der Waals surface area (Å²) in [6.07, 6.45) is 2.34. The maximum Gasteiger partial charge on any atom is 0.143 e. The van der Waals surface area contributed by atoms with Gasteiger partial charge in [0, 0.05) is 6.04 Å². The first-order valence-corrected chi connectivity index (χ1v) is 8.02. The molecule has 0 radical (unpaired) electrons. The van der Waals surface area contributed by atoms with Gasteiger partial charge in [-0.15, -0.1) is 0 Å². The minimum Gasteiger partial charge on any atom is -0.486 e. The second kappa shape index (κ2) is 7.14. The zero-order valence-corrected chi connectivity index (χ0v) is 13.4. The first-order valence-electron chi connectivity index (χ1n) is 8.02. The molecule has 21 heavy (non-hydrogen) atoms. The molecule has 2 unspecified atom stereocenters. The third kappa shape index (κ3) is 3.69. The lowest BCUT2D eigenvalue weighted by Gasteiger charge is -2.39. The number of rotatable bonds is 6. The van der Waals surface area contributed by atoms with Crippen molar-refractivity contribution in [3.8, 4) is 5.75 Å². The van der Waals surface area contributed by atoms with E-state index in [-0.39, 0.29) is 6.10 Å². The molecule has 0 amide bonds. The fraction of sp³-hybridized carbons (Fsp3) is 0.647. The van der Waals surface area contributed by atoms with E-state index in [1.807, 2.05) is 12.1 Å². The molecule has 1 heterocycles. The molecule has 4 heteroatoms. The summed E-state index contributed by atoms with van der Waals surface area (Å²) in [6, 6.07) is 6.45. The highest BCUT2D eigenvalue weighted by molar-refractivity contribution is 5.62. The normalized spacial score (nSPS) is 19.3. The van der Waals surface area contributed by atoms with Crippen molar-refractivity contribution in [2.24, 2.45) is 5.73 Å². The lowest BCUT2D eigenvalue weighted by Crippen LogP contribution is -2.43. The first-order chi connectivity index (χ1) is 10.1. The van der Waals surface area contributed by atoms with Gasteiger partial charge in [-0.1, -0.05) is 13.0 Å². The monoisotopic (exact) mass is 292 g/mol. The summed E-state index contributed by atoms with van der Waals surface area (Å²) in [7, 11) is 0. The number of aliphatic hydroxyl groups excluding tert-OH is 1. The van der Waals surface area contributed by atoms with Crippen LogP contribution >= 0.6 is 0 Å². The van der Waals surface area contributed by atoms with E-state index in [9.17, 15) is 5.11 Å². The lowest BCUT2D eigenvalue weighted by molar-refractivity contribution is 0.164. The van der Waals surface area contributed by atoms with E-state index >= 15 is 0 Å². The van der Waals surface area contributed by atoms with Gasteiger partial charge in [-0.2, -0.15) is 0 Å². The van der Waals surface area contributed by atoms with Crippen molar-refractivity contribution in [1.82, 2.24) is 0 Å². The van der Waals surface area contributed by atoms with Crippen molar-refractivity contribution in [3.05, 3.63) is 23.8 Å². The largest absolute Gasteiger partial charge is 0.486 e. The number of nitrogens with two attached hydrogens (primary N) is 1. The van der Waals surface area contributed by atoms with E-state index in [1.54, 1.807) is 0 Å². The van der Waals surface area contributed by atoms with Gasteiger partial charge in [0.25, 0.3) is 0 Å². The second-order valence-corrected chi connectivity index (χ2v) is 6.07. The number of fused-ring (bicyclic) bond motifs is 1. The summed E-state index contributed by atoms with van der Waals surface area (Å²) in [5.41, 5.74) is 7.57. The Balaban J connectivity index is 2.26. The molecule has 0 saturated heterocycles. The summed E-state index contributed by atoms with van der Waals surface area (Å²) >= 11 is 0. The Morgan fingerprint density at radius 1 is 1.43 bits per heavy atom. The molecule has 118 valence electrons. The zero-order valence-electron chi connectivity index (χ0n) is 13.4. The Labute approximate surface area is 127 Å². The van der Waals surface area contributed by atoms with Crippen LogP contribution in [0, 0.1) is 0 Å². The van der Waals surface area contributed by atoms with Crippen LogP contribution in [0.15, 0.2) is 18.2 Å². The third-order valence-corrected chi connectivity index (χ3v) is 4.13. The van der Waals surface area contributed by atoms with E-state index in [1.165, 1.54) is 0 Å². The van der Waals surface area contributed by atoms with Crippen molar-refractivity contribution in [3.63, 3.8) is 0 Å². The van der Waals surface area contributed by atoms with Crippen molar-refractivity contribution in [2.75, 3.05) is 18.0 Å². The number of hydrogen-bond donors (Lipinski definition) is 2. The van der Waals surface area contributed by atoms with E-state index in [0.29, 0.717) is 19.0 Å². The number of ether oxygens (including phenoxy) is 1. The molecule has 1 aliphatic rings. The van der Waals surface area contributed by atoms with Gasteiger partial charge in [0.1, 0.15) is 11.9 Å². The summed E-state index contributed by atoms with van der Waals surface area (Å²) in [5, 5.41) is 10.3. The predicted molar refractivity (Wildman–Crippen MR) is 86.9 cm³/mol. The van der Waals surface area contributed by atoms with Crippen molar-refractivity contribution >= 4 is 5.69 Å². The molecule has 1 aliphatic heterocycles. The first kappa shape index (κ1) is 16.1. The summed E-state index contributed by atoms with van der Waals surface area (Å²) in [4.78, 5) is 2.37. The molecule has 0 spiro atoms. The maximum atomic E-state index is 10.3. The van der Waals surface area contributed by atoms with E-state index in [0.717, 1.165) is 36.4 Å². The maximum absolute atomic E-state index is 10.3. The number of benzene rings is 1. The van der Waals surface area contributed by atoms with Crippen molar-refractivity contribution in [2.45, 2.75) is 58.3 Å². The molecule has 0 aromatic heterocycles. The molecular formula is C17H28N2O2. The minimum atomic E-state index is -0.447. The van der Waals surface area contributed by atoms with Gasteiger partial charge in [0.05, 0.1) is 18.3 Å². The van der Waals surface area contributed by atoms with E-state index < -0.39 is 6.10 Å². The van der Waals surface area contributed by atoms with Crippen LogP contribution in [0.4, 0.5) is 5.69 Å². The van der Waals surface area contributed by atoms with Crippen molar-refractivity contribution in [1.29, 1.82) is 0 Å². The average Bonchev–Trinajstić information content (AvgIpc) is 2.50. The van der Waals surface area contributed by atoms with Gasteiger partial charge < -0.3 is 20.5 Å². The SMILES string of the molecule is CCC1CN(C(C)C)c2cc(C(O)CCCN)ccc2O1. The van der Waals surface area contributed by atoms with Gasteiger partial charge in [0.2, 0.25) is 0 Å². The minimum absolute atomic E-state index is 0.243.